The fourth-order valence-corrected chi connectivity index (χ4v) is 2.95. The van der Waals surface area contributed by atoms with Crippen molar-refractivity contribution in [3.05, 3.63) is 18.2 Å². The van der Waals surface area contributed by atoms with Crippen LogP contribution in [0.25, 0.3) is 0 Å². The molecule has 2 unspecified atom stereocenters. The Bertz CT molecular complexity index is 590. The summed E-state index contributed by atoms with van der Waals surface area (Å²) in [5.41, 5.74) is -0.207. The SMILES string of the molecule is Cc1nccn1CC(C)CNC(=O)NC1CC(=O)N(C(C)(C)C)C1. The van der Waals surface area contributed by atoms with Crippen LogP contribution < -0.4 is 10.6 Å². The van der Waals surface area contributed by atoms with E-state index in [1.807, 2.05) is 38.8 Å². The van der Waals surface area contributed by atoms with Crippen molar-refractivity contribution in [3.8, 4) is 0 Å². The van der Waals surface area contributed by atoms with Crippen LogP contribution in [0.2, 0.25) is 0 Å². The van der Waals surface area contributed by atoms with E-state index in [1.54, 1.807) is 6.20 Å². The minimum Gasteiger partial charge on any atom is -0.338 e. The van der Waals surface area contributed by atoms with Crippen LogP contribution >= 0.6 is 0 Å². The number of aryl methyl sites for hydroxylation is 1. The number of urea groups is 1. The Hall–Kier alpha value is -2.05. The number of rotatable bonds is 5. The van der Waals surface area contributed by atoms with Crippen LogP contribution in [0, 0.1) is 12.8 Å². The number of aromatic nitrogens is 2. The largest absolute Gasteiger partial charge is 0.338 e. The highest BCUT2D eigenvalue weighted by atomic mass is 16.2. The lowest BCUT2D eigenvalue weighted by Crippen LogP contribution is -2.47. The highest BCUT2D eigenvalue weighted by Gasteiger charge is 2.36. The normalized spacial score (nSPS) is 19.5. The lowest BCUT2D eigenvalue weighted by Gasteiger charge is -2.32. The molecule has 3 amide bonds. The zero-order valence-corrected chi connectivity index (χ0v) is 15.3. The third-order valence-corrected chi connectivity index (χ3v) is 4.31. The van der Waals surface area contributed by atoms with E-state index in [0.717, 1.165) is 12.4 Å². The van der Waals surface area contributed by atoms with E-state index in [1.165, 1.54) is 0 Å². The molecule has 7 heteroatoms. The van der Waals surface area contributed by atoms with E-state index < -0.39 is 0 Å². The lowest BCUT2D eigenvalue weighted by molar-refractivity contribution is -0.131. The zero-order chi connectivity index (χ0) is 17.9. The molecule has 1 aromatic rings. The summed E-state index contributed by atoms with van der Waals surface area (Å²) in [4.78, 5) is 30.1. The average molecular weight is 335 g/mol. The van der Waals surface area contributed by atoms with Crippen molar-refractivity contribution < 1.29 is 9.59 Å². The maximum absolute atomic E-state index is 12.1. The van der Waals surface area contributed by atoms with Gasteiger partial charge in [0.15, 0.2) is 0 Å². The lowest BCUT2D eigenvalue weighted by atomic mass is 10.1. The molecule has 1 saturated heterocycles. The first-order chi connectivity index (χ1) is 11.2. The predicted octanol–water partition coefficient (Wildman–Crippen LogP) is 1.53. The van der Waals surface area contributed by atoms with E-state index in [2.05, 4.69) is 27.1 Å². The molecule has 1 aromatic heterocycles. The molecule has 0 bridgehead atoms. The molecule has 2 atom stereocenters. The third-order valence-electron chi connectivity index (χ3n) is 4.31. The molecular weight excluding hydrogens is 306 g/mol. The second-order valence-electron chi connectivity index (χ2n) is 7.66. The minimum absolute atomic E-state index is 0.0942. The predicted molar refractivity (Wildman–Crippen MR) is 92.5 cm³/mol. The molecule has 0 spiro atoms. The summed E-state index contributed by atoms with van der Waals surface area (Å²) in [6.07, 6.45) is 4.09. The standard InChI is InChI=1S/C17H29N5O2/c1-12(10-21-7-6-18-13(21)2)9-19-16(24)20-14-8-15(23)22(11-14)17(3,4)5/h6-7,12,14H,8-11H2,1-5H3,(H2,19,20,24). The van der Waals surface area contributed by atoms with Gasteiger partial charge in [-0.1, -0.05) is 6.92 Å². The van der Waals surface area contributed by atoms with Crippen LogP contribution in [0.5, 0.6) is 0 Å². The molecule has 0 saturated carbocycles. The highest BCUT2D eigenvalue weighted by molar-refractivity contribution is 5.82. The third kappa shape index (κ3) is 4.72. The topological polar surface area (TPSA) is 79.3 Å². The minimum atomic E-state index is -0.210. The van der Waals surface area contributed by atoms with Gasteiger partial charge in [0, 0.05) is 44.0 Å². The Morgan fingerprint density at radius 1 is 1.46 bits per heavy atom. The summed E-state index contributed by atoms with van der Waals surface area (Å²) in [5, 5.41) is 5.80. The number of hydrogen-bond acceptors (Lipinski definition) is 3. The molecule has 7 nitrogen and oxygen atoms in total. The van der Waals surface area contributed by atoms with Crippen LogP contribution in [0.4, 0.5) is 4.79 Å². The molecule has 1 fully saturated rings. The monoisotopic (exact) mass is 335 g/mol. The van der Waals surface area contributed by atoms with Gasteiger partial charge in [0.25, 0.3) is 0 Å². The number of imidazole rings is 1. The molecule has 2 N–H and O–H groups in total. The van der Waals surface area contributed by atoms with Crippen molar-refractivity contribution in [1.82, 2.24) is 25.1 Å². The van der Waals surface area contributed by atoms with Crippen molar-refractivity contribution in [3.63, 3.8) is 0 Å². The fourth-order valence-electron chi connectivity index (χ4n) is 2.95. The van der Waals surface area contributed by atoms with Crippen LogP contribution in [0.15, 0.2) is 12.4 Å². The van der Waals surface area contributed by atoms with Gasteiger partial charge in [-0.05, 0) is 33.6 Å². The summed E-state index contributed by atoms with van der Waals surface area (Å²) in [7, 11) is 0. The Morgan fingerprint density at radius 3 is 2.71 bits per heavy atom. The molecule has 134 valence electrons. The van der Waals surface area contributed by atoms with Crippen molar-refractivity contribution in [1.29, 1.82) is 0 Å². The molecule has 2 rings (SSSR count). The van der Waals surface area contributed by atoms with Gasteiger partial charge >= 0.3 is 6.03 Å². The molecule has 1 aliphatic rings. The number of nitrogens with zero attached hydrogens (tertiary/aromatic N) is 3. The Morgan fingerprint density at radius 2 is 2.17 bits per heavy atom. The van der Waals surface area contributed by atoms with E-state index in [0.29, 0.717) is 25.4 Å². The molecule has 0 aliphatic carbocycles. The van der Waals surface area contributed by atoms with Crippen molar-refractivity contribution in [2.75, 3.05) is 13.1 Å². The van der Waals surface area contributed by atoms with Gasteiger partial charge in [-0.2, -0.15) is 0 Å². The Balaban J connectivity index is 1.74. The van der Waals surface area contributed by atoms with Gasteiger partial charge in [0.05, 0.1) is 6.04 Å². The number of likely N-dealkylation sites (tertiary alicyclic amines) is 1. The molecular formula is C17H29N5O2. The van der Waals surface area contributed by atoms with Crippen molar-refractivity contribution >= 4 is 11.9 Å². The van der Waals surface area contributed by atoms with Crippen LogP contribution in [-0.2, 0) is 11.3 Å². The van der Waals surface area contributed by atoms with Gasteiger partial charge in [0.2, 0.25) is 5.91 Å². The van der Waals surface area contributed by atoms with Gasteiger partial charge in [-0.25, -0.2) is 9.78 Å². The molecule has 2 heterocycles. The zero-order valence-electron chi connectivity index (χ0n) is 15.3. The van der Waals surface area contributed by atoms with E-state index in [9.17, 15) is 9.59 Å². The number of carbonyl (C=O) groups is 2. The fraction of sp³-hybridized carbons (Fsp3) is 0.706. The molecule has 24 heavy (non-hydrogen) atoms. The van der Waals surface area contributed by atoms with E-state index in [4.69, 9.17) is 0 Å². The first-order valence-corrected chi connectivity index (χ1v) is 8.49. The van der Waals surface area contributed by atoms with Crippen molar-refractivity contribution in [2.45, 2.75) is 59.2 Å². The van der Waals surface area contributed by atoms with Gasteiger partial charge in [0.1, 0.15) is 5.82 Å². The summed E-state index contributed by atoms with van der Waals surface area (Å²) >= 11 is 0. The number of carbonyl (C=O) groups excluding carboxylic acids is 2. The Kier molecular flexibility index (Phi) is 5.51. The summed E-state index contributed by atoms with van der Waals surface area (Å²) < 4.78 is 2.07. The highest BCUT2D eigenvalue weighted by Crippen LogP contribution is 2.21. The quantitative estimate of drug-likeness (QED) is 0.856. The summed E-state index contributed by atoms with van der Waals surface area (Å²) in [6.45, 7) is 12.0. The molecule has 0 aromatic carbocycles. The summed E-state index contributed by atoms with van der Waals surface area (Å²) in [5.74, 6) is 1.36. The second-order valence-corrected chi connectivity index (χ2v) is 7.66. The first kappa shape index (κ1) is 18.3. The van der Waals surface area contributed by atoms with Gasteiger partial charge in [-0.15, -0.1) is 0 Å². The maximum Gasteiger partial charge on any atom is 0.315 e. The Labute approximate surface area is 143 Å². The van der Waals surface area contributed by atoms with Gasteiger partial charge in [-0.3, -0.25) is 4.79 Å². The number of hydrogen-bond donors (Lipinski definition) is 2. The van der Waals surface area contributed by atoms with Crippen LogP contribution in [0.1, 0.15) is 39.9 Å². The number of amides is 3. The van der Waals surface area contributed by atoms with Gasteiger partial charge < -0.3 is 20.1 Å². The maximum atomic E-state index is 12.1. The number of nitrogens with one attached hydrogen (secondary N) is 2. The van der Waals surface area contributed by atoms with E-state index >= 15 is 0 Å². The first-order valence-electron chi connectivity index (χ1n) is 8.49. The average Bonchev–Trinajstić information content (AvgIpc) is 3.03. The summed E-state index contributed by atoms with van der Waals surface area (Å²) in [6, 6.07) is -0.333. The van der Waals surface area contributed by atoms with Crippen molar-refractivity contribution in [2.24, 2.45) is 5.92 Å². The second kappa shape index (κ2) is 7.23. The molecule has 1 aliphatic heterocycles. The smallest absolute Gasteiger partial charge is 0.315 e. The van der Waals surface area contributed by atoms with Crippen LogP contribution in [0.3, 0.4) is 0 Å². The molecule has 0 radical (unpaired) electrons. The van der Waals surface area contributed by atoms with E-state index in [-0.39, 0.29) is 23.5 Å². The van der Waals surface area contributed by atoms with Crippen LogP contribution in [-0.4, -0.2) is 51.1 Å².